The number of carbonyl (C=O) groups is 1. The molecule has 6 nitrogen and oxygen atoms in total. The van der Waals surface area contributed by atoms with Gasteiger partial charge in [-0.3, -0.25) is 9.69 Å². The van der Waals surface area contributed by atoms with Gasteiger partial charge in [-0.05, 0) is 44.6 Å². The number of carbonyl (C=O) groups excluding carboxylic acids is 1. The molecule has 0 radical (unpaired) electrons. The van der Waals surface area contributed by atoms with Crippen molar-refractivity contribution in [1.29, 1.82) is 0 Å². The number of hydrogen-bond donors (Lipinski definition) is 2. The first-order valence-electron chi connectivity index (χ1n) is 8.13. The average Bonchev–Trinajstić information content (AvgIpc) is 2.58. The number of ketones is 1. The standard InChI is InChI=1S/C17H27N3O3/c1-13(19-6-3-7-20-8-10-23-11-9-20)17(21)14-4-5-16(22-2)15(18)12-14/h4-5,12-13,19H,3,6-11,18H2,1-2H3. The van der Waals surface area contributed by atoms with E-state index in [0.717, 1.165) is 45.8 Å². The van der Waals surface area contributed by atoms with Crippen molar-refractivity contribution in [2.24, 2.45) is 0 Å². The van der Waals surface area contributed by atoms with Crippen LogP contribution in [0, 0.1) is 0 Å². The summed E-state index contributed by atoms with van der Waals surface area (Å²) < 4.78 is 10.4. The fourth-order valence-electron chi connectivity index (χ4n) is 2.68. The number of nitrogen functional groups attached to an aromatic ring is 1. The van der Waals surface area contributed by atoms with E-state index in [0.29, 0.717) is 17.0 Å². The van der Waals surface area contributed by atoms with Gasteiger partial charge < -0.3 is 20.5 Å². The summed E-state index contributed by atoms with van der Waals surface area (Å²) in [4.78, 5) is 14.8. The molecule has 2 rings (SSSR count). The molecule has 0 bridgehead atoms. The lowest BCUT2D eigenvalue weighted by molar-refractivity contribution is 0.0374. The Morgan fingerprint density at radius 2 is 2.17 bits per heavy atom. The number of methoxy groups -OCH3 is 1. The smallest absolute Gasteiger partial charge is 0.179 e. The second kappa shape index (κ2) is 8.86. The van der Waals surface area contributed by atoms with Crippen molar-refractivity contribution in [3.63, 3.8) is 0 Å². The molecule has 23 heavy (non-hydrogen) atoms. The first-order valence-corrected chi connectivity index (χ1v) is 8.13. The van der Waals surface area contributed by atoms with Crippen LogP contribution in [0.1, 0.15) is 23.7 Å². The van der Waals surface area contributed by atoms with Gasteiger partial charge in [-0.25, -0.2) is 0 Å². The first-order chi connectivity index (χ1) is 11.1. The van der Waals surface area contributed by atoms with Crippen LogP contribution >= 0.6 is 0 Å². The van der Waals surface area contributed by atoms with Crippen molar-refractivity contribution in [3.8, 4) is 5.75 Å². The van der Waals surface area contributed by atoms with Crippen LogP contribution in [-0.4, -0.2) is 63.2 Å². The Morgan fingerprint density at radius 3 is 2.83 bits per heavy atom. The molecular weight excluding hydrogens is 294 g/mol. The van der Waals surface area contributed by atoms with Crippen LogP contribution in [0.25, 0.3) is 0 Å². The van der Waals surface area contributed by atoms with Crippen LogP contribution in [-0.2, 0) is 4.74 Å². The van der Waals surface area contributed by atoms with E-state index in [2.05, 4.69) is 10.2 Å². The van der Waals surface area contributed by atoms with Crippen LogP contribution in [0.5, 0.6) is 5.75 Å². The maximum atomic E-state index is 12.4. The Balaban J connectivity index is 1.75. The lowest BCUT2D eigenvalue weighted by Gasteiger charge is -2.26. The molecule has 1 aromatic carbocycles. The minimum atomic E-state index is -0.229. The minimum Gasteiger partial charge on any atom is -0.495 e. The van der Waals surface area contributed by atoms with Gasteiger partial charge in [-0.2, -0.15) is 0 Å². The van der Waals surface area contributed by atoms with E-state index in [9.17, 15) is 4.79 Å². The fourth-order valence-corrected chi connectivity index (χ4v) is 2.68. The lowest BCUT2D eigenvalue weighted by Crippen LogP contribution is -2.39. The normalized spacial score (nSPS) is 17.0. The number of ether oxygens (including phenoxy) is 2. The Labute approximate surface area is 137 Å². The van der Waals surface area contributed by atoms with Crippen LogP contribution in [0.2, 0.25) is 0 Å². The van der Waals surface area contributed by atoms with E-state index in [4.69, 9.17) is 15.2 Å². The highest BCUT2D eigenvalue weighted by Gasteiger charge is 2.16. The summed E-state index contributed by atoms with van der Waals surface area (Å²) in [6, 6.07) is 4.93. The number of rotatable bonds is 8. The van der Waals surface area contributed by atoms with Gasteiger partial charge in [0.25, 0.3) is 0 Å². The molecule has 0 amide bonds. The second-order valence-corrected chi connectivity index (χ2v) is 5.80. The van der Waals surface area contributed by atoms with Crippen molar-refractivity contribution in [2.75, 3.05) is 52.2 Å². The molecule has 0 saturated carbocycles. The zero-order valence-corrected chi connectivity index (χ0v) is 14.0. The van der Waals surface area contributed by atoms with Crippen molar-refractivity contribution in [3.05, 3.63) is 23.8 Å². The third-order valence-electron chi connectivity index (χ3n) is 4.11. The van der Waals surface area contributed by atoms with Crippen molar-refractivity contribution in [1.82, 2.24) is 10.2 Å². The lowest BCUT2D eigenvalue weighted by atomic mass is 10.0. The molecule has 1 atom stereocenters. The zero-order chi connectivity index (χ0) is 16.7. The number of nitrogens with one attached hydrogen (secondary N) is 1. The number of nitrogens with two attached hydrogens (primary N) is 1. The van der Waals surface area contributed by atoms with E-state index in [1.165, 1.54) is 0 Å². The molecule has 0 aromatic heterocycles. The third kappa shape index (κ3) is 5.20. The maximum Gasteiger partial charge on any atom is 0.179 e. The molecular formula is C17H27N3O3. The molecule has 1 unspecified atom stereocenters. The molecule has 128 valence electrons. The summed E-state index contributed by atoms with van der Waals surface area (Å²) in [6.07, 6.45) is 1.02. The van der Waals surface area contributed by atoms with Gasteiger partial charge in [0.1, 0.15) is 5.75 Å². The number of benzene rings is 1. The largest absolute Gasteiger partial charge is 0.495 e. The Hall–Kier alpha value is -1.63. The summed E-state index contributed by atoms with van der Waals surface area (Å²) in [5.41, 5.74) is 6.95. The van der Waals surface area contributed by atoms with Gasteiger partial charge in [0.15, 0.2) is 5.78 Å². The van der Waals surface area contributed by atoms with Crippen molar-refractivity contribution in [2.45, 2.75) is 19.4 Å². The number of anilines is 1. The summed E-state index contributed by atoms with van der Waals surface area (Å²) >= 11 is 0. The van der Waals surface area contributed by atoms with E-state index < -0.39 is 0 Å². The zero-order valence-electron chi connectivity index (χ0n) is 14.0. The van der Waals surface area contributed by atoms with Gasteiger partial charge in [0.2, 0.25) is 0 Å². The highest BCUT2D eigenvalue weighted by molar-refractivity contribution is 6.00. The van der Waals surface area contributed by atoms with E-state index in [-0.39, 0.29) is 11.8 Å². The molecule has 0 aliphatic carbocycles. The third-order valence-corrected chi connectivity index (χ3v) is 4.11. The number of nitrogens with zero attached hydrogens (tertiary/aromatic N) is 1. The molecule has 1 aliphatic heterocycles. The molecule has 1 fully saturated rings. The maximum absolute atomic E-state index is 12.4. The van der Waals surface area contributed by atoms with Crippen LogP contribution in [0.3, 0.4) is 0 Å². The van der Waals surface area contributed by atoms with E-state index >= 15 is 0 Å². The summed E-state index contributed by atoms with van der Waals surface area (Å²) in [6.45, 7) is 7.38. The molecule has 1 heterocycles. The topological polar surface area (TPSA) is 76.8 Å². The van der Waals surface area contributed by atoms with Crippen molar-refractivity contribution >= 4 is 11.5 Å². The molecule has 1 aromatic rings. The Morgan fingerprint density at radius 1 is 1.43 bits per heavy atom. The minimum absolute atomic E-state index is 0.0470. The number of hydrogen-bond acceptors (Lipinski definition) is 6. The van der Waals surface area contributed by atoms with Gasteiger partial charge in [-0.15, -0.1) is 0 Å². The van der Waals surface area contributed by atoms with Gasteiger partial charge in [0, 0.05) is 18.7 Å². The Kier molecular flexibility index (Phi) is 6.83. The molecule has 6 heteroatoms. The van der Waals surface area contributed by atoms with Gasteiger partial charge in [-0.1, -0.05) is 0 Å². The molecule has 1 aliphatic rings. The Bertz CT molecular complexity index is 516. The van der Waals surface area contributed by atoms with Crippen LogP contribution < -0.4 is 15.8 Å². The first kappa shape index (κ1) is 17.7. The number of Topliss-reactive ketones (excluding diaryl/α,β-unsaturated/α-hetero) is 1. The highest BCUT2D eigenvalue weighted by atomic mass is 16.5. The average molecular weight is 321 g/mol. The van der Waals surface area contributed by atoms with Crippen LogP contribution in [0.4, 0.5) is 5.69 Å². The van der Waals surface area contributed by atoms with Crippen molar-refractivity contribution < 1.29 is 14.3 Å². The number of morpholine rings is 1. The van der Waals surface area contributed by atoms with Crippen LogP contribution in [0.15, 0.2) is 18.2 Å². The summed E-state index contributed by atoms with van der Waals surface area (Å²) in [5, 5.41) is 3.29. The predicted molar refractivity (Wildman–Crippen MR) is 91.1 cm³/mol. The monoisotopic (exact) mass is 321 g/mol. The summed E-state index contributed by atoms with van der Waals surface area (Å²) in [5.74, 6) is 0.637. The highest BCUT2D eigenvalue weighted by Crippen LogP contribution is 2.22. The van der Waals surface area contributed by atoms with Gasteiger partial charge in [0.05, 0.1) is 32.1 Å². The second-order valence-electron chi connectivity index (χ2n) is 5.80. The fraction of sp³-hybridized carbons (Fsp3) is 0.588. The SMILES string of the molecule is COc1ccc(C(=O)C(C)NCCCN2CCOCC2)cc1N. The summed E-state index contributed by atoms with van der Waals surface area (Å²) in [7, 11) is 1.56. The van der Waals surface area contributed by atoms with E-state index in [1.54, 1.807) is 25.3 Å². The predicted octanol–water partition coefficient (Wildman–Crippen LogP) is 1.16. The molecule has 3 N–H and O–H groups in total. The quantitative estimate of drug-likeness (QED) is 0.425. The molecule has 1 saturated heterocycles. The van der Waals surface area contributed by atoms with E-state index in [1.807, 2.05) is 6.92 Å². The van der Waals surface area contributed by atoms with Gasteiger partial charge >= 0.3 is 0 Å². The molecule has 0 spiro atoms.